The number of hydrogen-bond donors (Lipinski definition) is 0. The molecule has 2 amide bonds. The first kappa shape index (κ1) is 20.3. The number of alkyl halides is 3. The molecule has 0 N–H and O–H groups in total. The summed E-state index contributed by atoms with van der Waals surface area (Å²) < 4.78 is 42.5. The standard InChI is InChI=1S/C22H25F3N4O2/c1-13-19(21(31)28-8-7-27(18(30)12-28)10-14-3-2-4-14)26-20-17(22(23,24)25)9-16(11-29(13)20)15-5-6-15/h9,11,14-15H,2-8,10,12H2,1H3. The molecule has 2 aromatic rings. The number of imidazole rings is 1. The number of piperazine rings is 1. The van der Waals surface area contributed by atoms with Crippen LogP contribution in [0.1, 0.15) is 65.3 Å². The van der Waals surface area contributed by atoms with Crippen LogP contribution in [-0.2, 0) is 11.0 Å². The summed E-state index contributed by atoms with van der Waals surface area (Å²) in [6, 6.07) is 1.16. The fraction of sp³-hybridized carbons (Fsp3) is 0.591. The van der Waals surface area contributed by atoms with Gasteiger partial charge in [-0.25, -0.2) is 4.98 Å². The molecule has 31 heavy (non-hydrogen) atoms. The van der Waals surface area contributed by atoms with Crippen molar-refractivity contribution in [2.24, 2.45) is 5.92 Å². The Morgan fingerprint density at radius 2 is 1.94 bits per heavy atom. The summed E-state index contributed by atoms with van der Waals surface area (Å²) in [5.74, 6) is 0.0833. The summed E-state index contributed by atoms with van der Waals surface area (Å²) in [7, 11) is 0. The lowest BCUT2D eigenvalue weighted by molar-refractivity contribution is -0.137. The Morgan fingerprint density at radius 1 is 1.19 bits per heavy atom. The second-order valence-electron chi connectivity index (χ2n) is 9.06. The number of pyridine rings is 1. The Balaban J connectivity index is 1.42. The van der Waals surface area contributed by atoms with Gasteiger partial charge in [-0.1, -0.05) is 6.42 Å². The van der Waals surface area contributed by atoms with Gasteiger partial charge in [0.05, 0.1) is 11.3 Å². The summed E-state index contributed by atoms with van der Waals surface area (Å²) in [6.07, 6.45) is 2.32. The van der Waals surface area contributed by atoms with E-state index in [2.05, 4.69) is 4.98 Å². The Kier molecular flexibility index (Phi) is 4.75. The molecular weight excluding hydrogens is 409 g/mol. The maximum Gasteiger partial charge on any atom is 0.419 e. The zero-order valence-electron chi connectivity index (χ0n) is 17.4. The maximum atomic E-state index is 13.7. The number of amides is 2. The fourth-order valence-corrected chi connectivity index (χ4v) is 4.54. The molecule has 6 nitrogen and oxygen atoms in total. The van der Waals surface area contributed by atoms with Gasteiger partial charge in [-0.05, 0) is 56.1 Å². The molecule has 0 spiro atoms. The molecule has 166 valence electrons. The average Bonchev–Trinajstić information content (AvgIpc) is 3.48. The zero-order valence-corrected chi connectivity index (χ0v) is 17.4. The van der Waals surface area contributed by atoms with Gasteiger partial charge in [0, 0.05) is 25.8 Å². The minimum atomic E-state index is -4.56. The molecule has 3 heterocycles. The summed E-state index contributed by atoms with van der Waals surface area (Å²) in [4.78, 5) is 33.0. The van der Waals surface area contributed by atoms with E-state index in [-0.39, 0.29) is 29.7 Å². The van der Waals surface area contributed by atoms with E-state index in [0.717, 1.165) is 38.3 Å². The van der Waals surface area contributed by atoms with Crippen molar-refractivity contribution in [1.82, 2.24) is 19.2 Å². The quantitative estimate of drug-likeness (QED) is 0.739. The molecule has 0 aromatic carbocycles. The largest absolute Gasteiger partial charge is 0.419 e. The van der Waals surface area contributed by atoms with Crippen molar-refractivity contribution < 1.29 is 22.8 Å². The second kappa shape index (κ2) is 7.24. The van der Waals surface area contributed by atoms with Crippen LogP contribution in [0.3, 0.4) is 0 Å². The first-order chi connectivity index (χ1) is 14.7. The smallest absolute Gasteiger partial charge is 0.339 e. The van der Waals surface area contributed by atoms with Gasteiger partial charge in [0.15, 0.2) is 0 Å². The van der Waals surface area contributed by atoms with Gasteiger partial charge in [0.25, 0.3) is 5.91 Å². The van der Waals surface area contributed by atoms with E-state index in [1.165, 1.54) is 15.7 Å². The molecule has 3 fully saturated rings. The van der Waals surface area contributed by atoms with Crippen LogP contribution in [0.5, 0.6) is 0 Å². The third-order valence-corrected chi connectivity index (χ3v) is 6.85. The minimum Gasteiger partial charge on any atom is -0.339 e. The van der Waals surface area contributed by atoms with Gasteiger partial charge < -0.3 is 14.2 Å². The van der Waals surface area contributed by atoms with Gasteiger partial charge >= 0.3 is 6.18 Å². The summed E-state index contributed by atoms with van der Waals surface area (Å²) in [5.41, 5.74) is -0.0942. The molecule has 0 bridgehead atoms. The van der Waals surface area contributed by atoms with Crippen LogP contribution >= 0.6 is 0 Å². The number of fused-ring (bicyclic) bond motifs is 1. The van der Waals surface area contributed by atoms with Crippen LogP contribution < -0.4 is 0 Å². The van der Waals surface area contributed by atoms with Gasteiger partial charge in [-0.3, -0.25) is 9.59 Å². The molecule has 2 aliphatic carbocycles. The van der Waals surface area contributed by atoms with Gasteiger partial charge in [0.1, 0.15) is 17.9 Å². The van der Waals surface area contributed by atoms with Crippen molar-refractivity contribution in [1.29, 1.82) is 0 Å². The number of aromatic nitrogens is 2. The van der Waals surface area contributed by atoms with Crippen molar-refractivity contribution >= 4 is 17.5 Å². The number of rotatable bonds is 4. The molecule has 9 heteroatoms. The van der Waals surface area contributed by atoms with E-state index in [4.69, 9.17) is 0 Å². The Bertz CT molecular complexity index is 1050. The third kappa shape index (κ3) is 3.68. The fourth-order valence-electron chi connectivity index (χ4n) is 4.54. The lowest BCUT2D eigenvalue weighted by Gasteiger charge is -2.38. The predicted octanol–water partition coefficient (Wildman–Crippen LogP) is 3.62. The van der Waals surface area contributed by atoms with Crippen LogP contribution in [0.2, 0.25) is 0 Å². The van der Waals surface area contributed by atoms with Crippen molar-refractivity contribution in [2.45, 2.75) is 51.1 Å². The maximum absolute atomic E-state index is 13.7. The Morgan fingerprint density at radius 3 is 2.52 bits per heavy atom. The molecule has 1 saturated heterocycles. The Hall–Kier alpha value is -2.58. The van der Waals surface area contributed by atoms with Crippen molar-refractivity contribution in [3.63, 3.8) is 0 Å². The van der Waals surface area contributed by atoms with Crippen LogP contribution in [0.25, 0.3) is 5.65 Å². The van der Waals surface area contributed by atoms with Gasteiger partial charge in [-0.2, -0.15) is 13.2 Å². The first-order valence-corrected chi connectivity index (χ1v) is 10.9. The number of carbonyl (C=O) groups is 2. The lowest BCUT2D eigenvalue weighted by atomic mass is 9.85. The number of hydrogen-bond acceptors (Lipinski definition) is 3. The molecular formula is C22H25F3N4O2. The molecule has 0 unspecified atom stereocenters. The van der Waals surface area contributed by atoms with E-state index in [0.29, 0.717) is 30.3 Å². The molecule has 2 saturated carbocycles. The monoisotopic (exact) mass is 434 g/mol. The molecule has 5 rings (SSSR count). The SMILES string of the molecule is Cc1c(C(=O)N2CCN(CC3CCC3)C(=O)C2)nc2c(C(F)(F)F)cc(C3CC3)cn12. The van der Waals surface area contributed by atoms with Crippen LogP contribution in [-0.4, -0.2) is 57.2 Å². The molecule has 1 aliphatic heterocycles. The normalized spacial score (nSPS) is 20.5. The van der Waals surface area contributed by atoms with E-state index in [1.807, 2.05) is 0 Å². The van der Waals surface area contributed by atoms with E-state index < -0.39 is 17.6 Å². The molecule has 2 aromatic heterocycles. The number of halogens is 3. The van der Waals surface area contributed by atoms with Crippen molar-refractivity contribution in [3.8, 4) is 0 Å². The van der Waals surface area contributed by atoms with Crippen molar-refractivity contribution in [2.75, 3.05) is 26.2 Å². The van der Waals surface area contributed by atoms with Crippen LogP contribution in [0.4, 0.5) is 13.2 Å². The summed E-state index contributed by atoms with van der Waals surface area (Å²) in [6.45, 7) is 3.10. The topological polar surface area (TPSA) is 57.9 Å². The average molecular weight is 434 g/mol. The van der Waals surface area contributed by atoms with Crippen molar-refractivity contribution in [3.05, 3.63) is 34.8 Å². The predicted molar refractivity (Wildman–Crippen MR) is 107 cm³/mol. The summed E-state index contributed by atoms with van der Waals surface area (Å²) in [5, 5.41) is 0. The van der Waals surface area contributed by atoms with E-state index in [1.54, 1.807) is 18.0 Å². The second-order valence-corrected chi connectivity index (χ2v) is 9.06. The van der Waals surface area contributed by atoms with E-state index >= 15 is 0 Å². The van der Waals surface area contributed by atoms with E-state index in [9.17, 15) is 22.8 Å². The third-order valence-electron chi connectivity index (χ3n) is 6.85. The molecule has 3 aliphatic rings. The molecule has 0 atom stereocenters. The molecule has 0 radical (unpaired) electrons. The highest BCUT2D eigenvalue weighted by Crippen LogP contribution is 2.43. The minimum absolute atomic E-state index is 0.0151. The summed E-state index contributed by atoms with van der Waals surface area (Å²) >= 11 is 0. The van der Waals surface area contributed by atoms with Crippen LogP contribution in [0.15, 0.2) is 12.3 Å². The Labute approximate surface area is 178 Å². The zero-order chi connectivity index (χ0) is 21.9. The lowest BCUT2D eigenvalue weighted by Crippen LogP contribution is -2.53. The van der Waals surface area contributed by atoms with Gasteiger partial charge in [-0.15, -0.1) is 0 Å². The highest BCUT2D eigenvalue weighted by molar-refractivity contribution is 5.97. The number of carbonyl (C=O) groups excluding carboxylic acids is 2. The number of aryl methyl sites for hydroxylation is 1. The first-order valence-electron chi connectivity index (χ1n) is 10.9. The van der Waals surface area contributed by atoms with Gasteiger partial charge in [0.2, 0.25) is 5.91 Å². The highest BCUT2D eigenvalue weighted by atomic mass is 19.4. The highest BCUT2D eigenvalue weighted by Gasteiger charge is 2.38. The number of nitrogens with zero attached hydrogens (tertiary/aromatic N) is 4. The van der Waals surface area contributed by atoms with Crippen LogP contribution in [0, 0.1) is 12.8 Å².